The van der Waals surface area contributed by atoms with E-state index in [4.69, 9.17) is 0 Å². The number of imidazole rings is 1. The Labute approximate surface area is 120 Å². The van der Waals surface area contributed by atoms with Gasteiger partial charge in [-0.05, 0) is 38.6 Å². The third-order valence-electron chi connectivity index (χ3n) is 4.11. The number of aromatic nitrogens is 2. The maximum absolute atomic E-state index is 12.2. The third kappa shape index (κ3) is 3.05. The second kappa shape index (κ2) is 5.83. The van der Waals surface area contributed by atoms with E-state index in [-0.39, 0.29) is 5.03 Å². The van der Waals surface area contributed by atoms with Crippen molar-refractivity contribution in [1.29, 1.82) is 0 Å². The molecule has 0 aliphatic carbocycles. The summed E-state index contributed by atoms with van der Waals surface area (Å²) in [6.07, 6.45) is 7.91. The summed E-state index contributed by atoms with van der Waals surface area (Å²) in [5, 5.41) is 3.54. The summed E-state index contributed by atoms with van der Waals surface area (Å²) in [6.45, 7) is 2.40. The van der Waals surface area contributed by atoms with Gasteiger partial charge in [0.25, 0.3) is 10.0 Å². The van der Waals surface area contributed by atoms with Crippen molar-refractivity contribution in [2.45, 2.75) is 56.1 Å². The van der Waals surface area contributed by atoms with Crippen LogP contribution in [0.1, 0.15) is 37.9 Å². The van der Waals surface area contributed by atoms with Crippen LogP contribution in [0.25, 0.3) is 0 Å². The minimum absolute atomic E-state index is 0.175. The summed E-state index contributed by atoms with van der Waals surface area (Å²) < 4.78 is 29.1. The quantitative estimate of drug-likeness (QED) is 0.836. The van der Waals surface area contributed by atoms with Gasteiger partial charge in [-0.3, -0.25) is 0 Å². The fourth-order valence-corrected chi connectivity index (χ4v) is 3.99. The third-order valence-corrected chi connectivity index (χ3v) is 5.44. The average molecular weight is 298 g/mol. The van der Waals surface area contributed by atoms with Crippen LogP contribution in [0.3, 0.4) is 0 Å². The minimum atomic E-state index is -3.46. The van der Waals surface area contributed by atoms with Gasteiger partial charge in [-0.2, -0.15) is 0 Å². The van der Waals surface area contributed by atoms with Gasteiger partial charge in [0, 0.05) is 31.7 Å². The summed E-state index contributed by atoms with van der Waals surface area (Å²) in [7, 11) is -3.46. The van der Waals surface area contributed by atoms with E-state index in [9.17, 15) is 8.42 Å². The molecule has 2 aliphatic rings. The molecule has 3 heterocycles. The number of hydrogen-bond acceptors (Lipinski definition) is 4. The molecular weight excluding hydrogens is 276 g/mol. The fraction of sp³-hybridized carbons (Fsp3) is 0.769. The predicted molar refractivity (Wildman–Crippen MR) is 76.0 cm³/mol. The molecule has 7 heteroatoms. The standard InChI is InChI=1S/C13H22N4O2S/c18-20(19,15-8-6-11-4-3-7-14-11)13-10-17-9-2-1-5-12(17)16-13/h10-11,14-15H,1-9H2/t11-/m1/s1. The molecule has 1 aromatic rings. The minimum Gasteiger partial charge on any atom is -0.333 e. The molecule has 0 radical (unpaired) electrons. The van der Waals surface area contributed by atoms with E-state index in [0.29, 0.717) is 12.6 Å². The van der Waals surface area contributed by atoms with E-state index < -0.39 is 10.0 Å². The second-order valence-electron chi connectivity index (χ2n) is 5.63. The maximum Gasteiger partial charge on any atom is 0.259 e. The summed E-state index contributed by atoms with van der Waals surface area (Å²) in [5.41, 5.74) is 0. The maximum atomic E-state index is 12.2. The van der Waals surface area contributed by atoms with Crippen molar-refractivity contribution < 1.29 is 8.42 Å². The number of fused-ring (bicyclic) bond motifs is 1. The first kappa shape index (κ1) is 14.0. The van der Waals surface area contributed by atoms with Crippen LogP contribution in [-0.2, 0) is 23.0 Å². The van der Waals surface area contributed by atoms with Crippen LogP contribution >= 0.6 is 0 Å². The Morgan fingerprint density at radius 3 is 3.05 bits per heavy atom. The lowest BCUT2D eigenvalue weighted by Gasteiger charge is -2.11. The number of hydrogen-bond donors (Lipinski definition) is 2. The molecule has 1 saturated heterocycles. The molecular formula is C13H22N4O2S. The van der Waals surface area contributed by atoms with Crippen LogP contribution in [0.4, 0.5) is 0 Å². The van der Waals surface area contributed by atoms with Crippen molar-refractivity contribution in [2.24, 2.45) is 0 Å². The SMILES string of the molecule is O=S(=O)(NCC[C@H]1CCCN1)c1cn2c(n1)CCCC2. The summed E-state index contributed by atoms with van der Waals surface area (Å²) in [4.78, 5) is 4.27. The topological polar surface area (TPSA) is 76.0 Å². The molecule has 0 bridgehead atoms. The van der Waals surface area contributed by atoms with Gasteiger partial charge in [0.05, 0.1) is 0 Å². The number of nitrogens with zero attached hydrogens (tertiary/aromatic N) is 2. The van der Waals surface area contributed by atoms with Gasteiger partial charge >= 0.3 is 0 Å². The largest absolute Gasteiger partial charge is 0.333 e. The molecule has 1 atom stereocenters. The van der Waals surface area contributed by atoms with Crippen LogP contribution in [0.2, 0.25) is 0 Å². The lowest BCUT2D eigenvalue weighted by molar-refractivity contribution is 0.522. The molecule has 0 spiro atoms. The van der Waals surface area contributed by atoms with Gasteiger partial charge in [0.1, 0.15) is 5.82 Å². The fourth-order valence-electron chi connectivity index (χ4n) is 2.96. The van der Waals surface area contributed by atoms with Crippen LogP contribution in [-0.4, -0.2) is 37.1 Å². The summed E-state index contributed by atoms with van der Waals surface area (Å²) in [5.74, 6) is 0.897. The van der Waals surface area contributed by atoms with E-state index in [1.54, 1.807) is 6.20 Å². The van der Waals surface area contributed by atoms with Gasteiger partial charge in [-0.25, -0.2) is 18.1 Å². The number of rotatable bonds is 5. The molecule has 0 unspecified atom stereocenters. The Hall–Kier alpha value is -0.920. The van der Waals surface area contributed by atoms with Crippen LogP contribution in [0.5, 0.6) is 0 Å². The first-order valence-corrected chi connectivity index (χ1v) is 8.92. The highest BCUT2D eigenvalue weighted by Crippen LogP contribution is 2.17. The van der Waals surface area contributed by atoms with E-state index in [0.717, 1.165) is 51.0 Å². The van der Waals surface area contributed by atoms with Crippen molar-refractivity contribution in [3.05, 3.63) is 12.0 Å². The van der Waals surface area contributed by atoms with Gasteiger partial charge in [0.2, 0.25) is 0 Å². The molecule has 1 fully saturated rings. The smallest absolute Gasteiger partial charge is 0.259 e. The first-order valence-electron chi connectivity index (χ1n) is 7.44. The monoisotopic (exact) mass is 298 g/mol. The zero-order valence-corrected chi connectivity index (χ0v) is 12.5. The number of sulfonamides is 1. The van der Waals surface area contributed by atoms with Crippen molar-refractivity contribution >= 4 is 10.0 Å². The lowest BCUT2D eigenvalue weighted by Crippen LogP contribution is -2.30. The molecule has 20 heavy (non-hydrogen) atoms. The number of nitrogens with one attached hydrogen (secondary N) is 2. The normalized spacial score (nSPS) is 22.9. The van der Waals surface area contributed by atoms with Gasteiger partial charge < -0.3 is 9.88 Å². The van der Waals surface area contributed by atoms with Gasteiger partial charge in [-0.15, -0.1) is 0 Å². The Morgan fingerprint density at radius 2 is 2.30 bits per heavy atom. The molecule has 3 rings (SSSR count). The van der Waals surface area contributed by atoms with Crippen molar-refractivity contribution in [3.8, 4) is 0 Å². The summed E-state index contributed by atoms with van der Waals surface area (Å²) >= 11 is 0. The van der Waals surface area contributed by atoms with E-state index in [2.05, 4.69) is 15.0 Å². The Morgan fingerprint density at radius 1 is 1.40 bits per heavy atom. The van der Waals surface area contributed by atoms with E-state index >= 15 is 0 Å². The average Bonchev–Trinajstić information content (AvgIpc) is 3.07. The molecule has 2 aliphatic heterocycles. The first-order chi connectivity index (χ1) is 9.65. The molecule has 112 valence electrons. The van der Waals surface area contributed by atoms with Crippen LogP contribution < -0.4 is 10.0 Å². The molecule has 6 nitrogen and oxygen atoms in total. The Balaban J connectivity index is 1.60. The number of aryl methyl sites for hydroxylation is 2. The van der Waals surface area contributed by atoms with E-state index in [1.165, 1.54) is 6.42 Å². The second-order valence-corrected chi connectivity index (χ2v) is 7.34. The molecule has 0 amide bonds. The van der Waals surface area contributed by atoms with Gasteiger partial charge in [-0.1, -0.05) is 0 Å². The zero-order chi connectivity index (χ0) is 14.0. The highest BCUT2D eigenvalue weighted by atomic mass is 32.2. The molecule has 1 aromatic heterocycles. The highest BCUT2D eigenvalue weighted by Gasteiger charge is 2.22. The highest BCUT2D eigenvalue weighted by molar-refractivity contribution is 7.89. The van der Waals surface area contributed by atoms with Crippen molar-refractivity contribution in [2.75, 3.05) is 13.1 Å². The Bertz CT molecular complexity index is 537. The predicted octanol–water partition coefficient (Wildman–Crippen LogP) is 0.640. The van der Waals surface area contributed by atoms with Crippen molar-refractivity contribution in [3.63, 3.8) is 0 Å². The van der Waals surface area contributed by atoms with Crippen molar-refractivity contribution in [1.82, 2.24) is 19.6 Å². The molecule has 2 N–H and O–H groups in total. The van der Waals surface area contributed by atoms with Crippen LogP contribution in [0.15, 0.2) is 11.2 Å². The Kier molecular flexibility index (Phi) is 4.09. The zero-order valence-electron chi connectivity index (χ0n) is 11.6. The van der Waals surface area contributed by atoms with Crippen LogP contribution in [0, 0.1) is 0 Å². The molecule has 0 aromatic carbocycles. The molecule has 0 saturated carbocycles. The summed E-state index contributed by atoms with van der Waals surface area (Å²) in [6, 6.07) is 0.452. The lowest BCUT2D eigenvalue weighted by atomic mass is 10.2. The van der Waals surface area contributed by atoms with Gasteiger partial charge in [0.15, 0.2) is 5.03 Å². The van der Waals surface area contributed by atoms with E-state index in [1.807, 2.05) is 4.57 Å².